The number of aromatic hydroxyl groups is 1. The van der Waals surface area contributed by atoms with E-state index < -0.39 is 24.0 Å². The first-order valence-corrected chi connectivity index (χ1v) is 8.24. The summed E-state index contributed by atoms with van der Waals surface area (Å²) in [6.07, 6.45) is 0.397. The number of amides is 2. The number of hydrogen-bond donors (Lipinski definition) is 3. The van der Waals surface area contributed by atoms with Crippen LogP contribution in [0, 0.1) is 5.92 Å². The van der Waals surface area contributed by atoms with Crippen molar-refractivity contribution in [1.29, 1.82) is 0 Å². The van der Waals surface area contributed by atoms with Gasteiger partial charge in [-0.15, -0.1) is 0 Å². The number of nitrogens with one attached hydrogen (secondary N) is 2. The van der Waals surface area contributed by atoms with Gasteiger partial charge >= 0.3 is 12.0 Å². The van der Waals surface area contributed by atoms with Crippen LogP contribution < -0.4 is 20.1 Å². The molecule has 1 heterocycles. The van der Waals surface area contributed by atoms with Gasteiger partial charge in [0.15, 0.2) is 11.5 Å². The Balaban J connectivity index is 2.46. The van der Waals surface area contributed by atoms with Crippen LogP contribution in [0.15, 0.2) is 24.4 Å². The minimum absolute atomic E-state index is 0.159. The number of esters is 1. The lowest BCUT2D eigenvalue weighted by Gasteiger charge is -2.34. The van der Waals surface area contributed by atoms with Crippen LogP contribution in [0.3, 0.4) is 0 Å². The number of hydrogen-bond acceptors (Lipinski definition) is 6. The topological polar surface area (TPSA) is 106 Å². The van der Waals surface area contributed by atoms with E-state index in [0.29, 0.717) is 12.0 Å². The number of rotatable bonds is 6. The molecule has 26 heavy (non-hydrogen) atoms. The molecule has 0 saturated carbocycles. The van der Waals surface area contributed by atoms with Crippen molar-refractivity contribution in [3.8, 4) is 17.2 Å². The molecule has 0 aromatic heterocycles. The van der Waals surface area contributed by atoms with Crippen LogP contribution in [-0.2, 0) is 9.53 Å². The summed E-state index contributed by atoms with van der Waals surface area (Å²) >= 11 is 0. The lowest BCUT2D eigenvalue weighted by Crippen LogP contribution is -2.51. The minimum Gasteiger partial charge on any atom is -0.502 e. The van der Waals surface area contributed by atoms with Gasteiger partial charge in [0.2, 0.25) is 5.75 Å². The van der Waals surface area contributed by atoms with Crippen molar-refractivity contribution in [3.05, 3.63) is 30.0 Å². The van der Waals surface area contributed by atoms with E-state index in [1.807, 2.05) is 6.92 Å². The van der Waals surface area contributed by atoms with Crippen LogP contribution in [0.25, 0.3) is 0 Å². The molecule has 0 spiro atoms. The molecule has 1 aromatic carbocycles. The van der Waals surface area contributed by atoms with Crippen molar-refractivity contribution in [1.82, 2.24) is 10.6 Å². The first-order chi connectivity index (χ1) is 12.3. The highest BCUT2D eigenvalue weighted by molar-refractivity contribution is 5.85. The largest absolute Gasteiger partial charge is 0.502 e. The standard InChI is InChI=1S/C18H24N2O6/c1-6-9(2)26-17(22)14-10(3)19-18(23)20-15(14)11-7-12(24-4)16(21)13(8-11)25-5/h7-9,14-15,21H,3,6H2,1-2,4-5H3,(H2,19,20,23). The van der Waals surface area contributed by atoms with Crippen molar-refractivity contribution in [2.45, 2.75) is 32.4 Å². The average molecular weight is 364 g/mol. The zero-order chi connectivity index (χ0) is 19.4. The molecule has 1 aliphatic rings. The van der Waals surface area contributed by atoms with Crippen molar-refractivity contribution in [2.24, 2.45) is 5.92 Å². The van der Waals surface area contributed by atoms with Crippen LogP contribution in [0.2, 0.25) is 0 Å². The second-order valence-electron chi connectivity index (χ2n) is 6.01. The first kappa shape index (κ1) is 19.4. The van der Waals surface area contributed by atoms with E-state index in [-0.39, 0.29) is 29.0 Å². The molecule has 142 valence electrons. The maximum absolute atomic E-state index is 12.7. The molecule has 8 nitrogen and oxygen atoms in total. The van der Waals surface area contributed by atoms with E-state index in [9.17, 15) is 14.7 Å². The second-order valence-corrected chi connectivity index (χ2v) is 6.01. The maximum atomic E-state index is 12.7. The summed E-state index contributed by atoms with van der Waals surface area (Å²) in [4.78, 5) is 24.6. The van der Waals surface area contributed by atoms with Crippen molar-refractivity contribution in [2.75, 3.05) is 14.2 Å². The first-order valence-electron chi connectivity index (χ1n) is 8.24. The molecule has 2 amide bonds. The highest BCUT2D eigenvalue weighted by Gasteiger charge is 2.40. The summed E-state index contributed by atoms with van der Waals surface area (Å²) in [7, 11) is 2.79. The van der Waals surface area contributed by atoms with Crippen LogP contribution >= 0.6 is 0 Å². The van der Waals surface area contributed by atoms with Crippen molar-refractivity contribution < 1.29 is 28.9 Å². The summed E-state index contributed by atoms with van der Waals surface area (Å²) in [5.74, 6) is -1.20. The molecule has 3 atom stereocenters. The Hall–Kier alpha value is -2.90. The fourth-order valence-electron chi connectivity index (χ4n) is 2.69. The number of carbonyl (C=O) groups is 2. The fourth-order valence-corrected chi connectivity index (χ4v) is 2.69. The molecule has 2 rings (SSSR count). The number of phenolic OH excluding ortho intramolecular Hbond substituents is 1. The molecule has 1 aromatic rings. The van der Waals surface area contributed by atoms with E-state index in [1.54, 1.807) is 6.92 Å². The Morgan fingerprint density at radius 3 is 2.38 bits per heavy atom. The minimum atomic E-state index is -0.847. The summed E-state index contributed by atoms with van der Waals surface area (Å²) < 4.78 is 15.7. The fraction of sp³-hybridized carbons (Fsp3) is 0.444. The molecule has 3 unspecified atom stereocenters. The van der Waals surface area contributed by atoms with E-state index in [2.05, 4.69) is 17.2 Å². The van der Waals surface area contributed by atoms with Crippen LogP contribution in [0.5, 0.6) is 17.2 Å². The SMILES string of the molecule is C=C1NC(=O)NC(c2cc(OC)c(O)c(OC)c2)C1C(=O)OC(C)CC. The summed E-state index contributed by atoms with van der Waals surface area (Å²) in [6.45, 7) is 7.49. The molecule has 8 heteroatoms. The molecule has 0 radical (unpaired) electrons. The third kappa shape index (κ3) is 3.84. The highest BCUT2D eigenvalue weighted by Crippen LogP contribution is 2.41. The van der Waals surface area contributed by atoms with Crippen molar-refractivity contribution in [3.63, 3.8) is 0 Å². The second kappa shape index (κ2) is 7.99. The predicted molar refractivity (Wildman–Crippen MR) is 94.1 cm³/mol. The lowest BCUT2D eigenvalue weighted by molar-refractivity contribution is -0.153. The van der Waals surface area contributed by atoms with Gasteiger partial charge in [-0.3, -0.25) is 4.79 Å². The van der Waals surface area contributed by atoms with Gasteiger partial charge in [0.1, 0.15) is 5.92 Å². The van der Waals surface area contributed by atoms with Gasteiger partial charge in [0, 0.05) is 5.70 Å². The molecule has 3 N–H and O–H groups in total. The molecule has 1 saturated heterocycles. The van der Waals surface area contributed by atoms with Crippen LogP contribution in [0.1, 0.15) is 31.9 Å². The van der Waals surface area contributed by atoms with Gasteiger partial charge in [0.05, 0.1) is 26.4 Å². The molecule has 0 aliphatic carbocycles. The van der Waals surface area contributed by atoms with Gasteiger partial charge in [0.25, 0.3) is 0 Å². The third-order valence-corrected chi connectivity index (χ3v) is 4.28. The summed E-state index contributed by atoms with van der Waals surface area (Å²) in [6, 6.07) is 1.82. The summed E-state index contributed by atoms with van der Waals surface area (Å²) in [5, 5.41) is 15.3. The monoisotopic (exact) mass is 364 g/mol. The Morgan fingerprint density at radius 1 is 1.31 bits per heavy atom. The maximum Gasteiger partial charge on any atom is 0.319 e. The summed E-state index contributed by atoms with van der Waals surface area (Å²) in [5.41, 5.74) is 0.747. The lowest BCUT2D eigenvalue weighted by atomic mass is 9.88. The Kier molecular flexibility index (Phi) is 5.97. The molecule has 1 aliphatic heterocycles. The molecule has 1 fully saturated rings. The van der Waals surface area contributed by atoms with E-state index in [4.69, 9.17) is 14.2 Å². The highest BCUT2D eigenvalue weighted by atomic mass is 16.5. The third-order valence-electron chi connectivity index (χ3n) is 4.28. The normalized spacial score (nSPS) is 20.6. The van der Waals surface area contributed by atoms with E-state index >= 15 is 0 Å². The molecular formula is C18H24N2O6. The van der Waals surface area contributed by atoms with Crippen LogP contribution in [0.4, 0.5) is 4.79 Å². The quantitative estimate of drug-likeness (QED) is 0.669. The zero-order valence-electron chi connectivity index (χ0n) is 15.3. The Morgan fingerprint density at radius 2 is 1.88 bits per heavy atom. The van der Waals surface area contributed by atoms with Gasteiger partial charge in [-0.25, -0.2) is 4.79 Å². The number of carbonyl (C=O) groups excluding carboxylic acids is 2. The van der Waals surface area contributed by atoms with Gasteiger partial charge in [-0.05, 0) is 31.0 Å². The Labute approximate surface area is 152 Å². The predicted octanol–water partition coefficient (Wildman–Crippen LogP) is 2.23. The number of phenols is 1. The number of benzene rings is 1. The number of ether oxygens (including phenoxy) is 3. The van der Waals surface area contributed by atoms with Gasteiger partial charge in [-0.2, -0.15) is 0 Å². The van der Waals surface area contributed by atoms with Crippen molar-refractivity contribution >= 4 is 12.0 Å². The van der Waals surface area contributed by atoms with Gasteiger partial charge < -0.3 is 30.0 Å². The zero-order valence-corrected chi connectivity index (χ0v) is 15.3. The Bertz CT molecular complexity index is 693. The van der Waals surface area contributed by atoms with E-state index in [1.165, 1.54) is 26.4 Å². The average Bonchev–Trinajstić information content (AvgIpc) is 2.60. The van der Waals surface area contributed by atoms with Gasteiger partial charge in [-0.1, -0.05) is 13.5 Å². The van der Waals surface area contributed by atoms with E-state index in [0.717, 1.165) is 0 Å². The molecule has 0 bridgehead atoms. The molecular weight excluding hydrogens is 340 g/mol. The number of methoxy groups -OCH3 is 2. The number of urea groups is 1. The smallest absolute Gasteiger partial charge is 0.319 e. The van der Waals surface area contributed by atoms with Crippen LogP contribution in [-0.4, -0.2) is 37.4 Å².